The molecule has 1 atom stereocenters. The Bertz CT molecular complexity index is 617. The van der Waals surface area contributed by atoms with Gasteiger partial charge in [0.2, 0.25) is 11.8 Å². The van der Waals surface area contributed by atoms with E-state index in [1.807, 2.05) is 0 Å². The molecule has 0 aliphatic carbocycles. The summed E-state index contributed by atoms with van der Waals surface area (Å²) >= 11 is 0. The van der Waals surface area contributed by atoms with Crippen LogP contribution in [0.1, 0.15) is 12.0 Å². The van der Waals surface area contributed by atoms with E-state index in [0.29, 0.717) is 26.1 Å². The van der Waals surface area contributed by atoms with Crippen LogP contribution >= 0.6 is 0 Å². The molecule has 2 heterocycles. The summed E-state index contributed by atoms with van der Waals surface area (Å²) < 4.78 is 18.2. The normalized spacial score (nSPS) is 21.2. The number of hydrogen-bond acceptors (Lipinski definition) is 4. The molecule has 3 rings (SSSR count). The molecule has 0 spiro atoms. The Balaban J connectivity index is 1.38. The zero-order valence-corrected chi connectivity index (χ0v) is 15.0. The lowest BCUT2D eigenvalue weighted by Crippen LogP contribution is -2.42. The molecule has 1 aromatic rings. The Hall–Kier alpha value is -1.99. The highest BCUT2D eigenvalue weighted by Gasteiger charge is 2.34. The van der Waals surface area contributed by atoms with Crippen molar-refractivity contribution in [1.29, 1.82) is 0 Å². The largest absolute Gasteiger partial charge is 0.379 e. The van der Waals surface area contributed by atoms with Gasteiger partial charge in [0, 0.05) is 45.7 Å². The molecule has 0 aromatic heterocycles. The maximum Gasteiger partial charge on any atom is 0.225 e. The van der Waals surface area contributed by atoms with Gasteiger partial charge in [0.1, 0.15) is 5.82 Å². The van der Waals surface area contributed by atoms with Gasteiger partial charge in [0.15, 0.2) is 0 Å². The first-order valence-corrected chi connectivity index (χ1v) is 9.22. The minimum absolute atomic E-state index is 0.0527. The van der Waals surface area contributed by atoms with Crippen LogP contribution in [0.25, 0.3) is 0 Å². The zero-order chi connectivity index (χ0) is 18.4. The van der Waals surface area contributed by atoms with E-state index in [1.54, 1.807) is 17.0 Å². The van der Waals surface area contributed by atoms with Gasteiger partial charge in [-0.3, -0.25) is 14.5 Å². The Morgan fingerprint density at radius 3 is 2.65 bits per heavy atom. The summed E-state index contributed by atoms with van der Waals surface area (Å²) in [6.45, 7) is 5.76. The first-order chi connectivity index (χ1) is 12.6. The highest BCUT2D eigenvalue weighted by atomic mass is 19.1. The van der Waals surface area contributed by atoms with E-state index in [-0.39, 0.29) is 30.0 Å². The van der Waals surface area contributed by atoms with E-state index in [9.17, 15) is 14.0 Å². The number of morpholine rings is 1. The van der Waals surface area contributed by atoms with Crippen molar-refractivity contribution in [3.8, 4) is 0 Å². The number of benzene rings is 1. The van der Waals surface area contributed by atoms with Crippen molar-refractivity contribution in [3.05, 3.63) is 35.6 Å². The zero-order valence-electron chi connectivity index (χ0n) is 15.0. The lowest BCUT2D eigenvalue weighted by molar-refractivity contribution is -0.129. The monoisotopic (exact) mass is 363 g/mol. The summed E-state index contributed by atoms with van der Waals surface area (Å²) in [4.78, 5) is 28.5. The predicted molar refractivity (Wildman–Crippen MR) is 95.1 cm³/mol. The second kappa shape index (κ2) is 9.09. The van der Waals surface area contributed by atoms with Crippen LogP contribution in [-0.2, 0) is 20.7 Å². The molecular formula is C19H26FN3O3. The highest BCUT2D eigenvalue weighted by molar-refractivity contribution is 5.89. The number of nitrogens with zero attached hydrogens (tertiary/aromatic N) is 2. The number of hydrogen-bond donors (Lipinski definition) is 1. The molecule has 0 radical (unpaired) electrons. The van der Waals surface area contributed by atoms with Crippen molar-refractivity contribution in [2.75, 3.05) is 52.5 Å². The van der Waals surface area contributed by atoms with Crippen molar-refractivity contribution in [2.45, 2.75) is 12.8 Å². The number of carbonyl (C=O) groups is 2. The summed E-state index contributed by atoms with van der Waals surface area (Å²) in [6, 6.07) is 6.26. The van der Waals surface area contributed by atoms with E-state index in [4.69, 9.17) is 4.74 Å². The van der Waals surface area contributed by atoms with E-state index in [2.05, 4.69) is 10.2 Å². The van der Waals surface area contributed by atoms with Crippen molar-refractivity contribution in [3.63, 3.8) is 0 Å². The molecule has 1 unspecified atom stereocenters. The predicted octanol–water partition coefficient (Wildman–Crippen LogP) is 0.665. The summed E-state index contributed by atoms with van der Waals surface area (Å²) in [6.07, 6.45) is 0.929. The van der Waals surface area contributed by atoms with Crippen LogP contribution in [0.3, 0.4) is 0 Å². The number of carbonyl (C=O) groups excluding carboxylic acids is 2. The van der Waals surface area contributed by atoms with Crippen LogP contribution in [0.4, 0.5) is 4.39 Å². The number of ether oxygens (including phenoxy) is 1. The van der Waals surface area contributed by atoms with Crippen molar-refractivity contribution in [1.82, 2.24) is 15.1 Å². The van der Waals surface area contributed by atoms with Crippen LogP contribution in [0, 0.1) is 11.7 Å². The van der Waals surface area contributed by atoms with Gasteiger partial charge < -0.3 is 15.0 Å². The number of nitrogens with one attached hydrogen (secondary N) is 1. The third-order valence-electron chi connectivity index (χ3n) is 5.00. The molecule has 1 N–H and O–H groups in total. The van der Waals surface area contributed by atoms with Gasteiger partial charge in [-0.1, -0.05) is 12.1 Å². The molecule has 2 aliphatic rings. The molecule has 7 heteroatoms. The molecule has 6 nitrogen and oxygen atoms in total. The Morgan fingerprint density at radius 1 is 1.19 bits per heavy atom. The molecule has 0 saturated carbocycles. The second-order valence-electron chi connectivity index (χ2n) is 6.86. The van der Waals surface area contributed by atoms with Gasteiger partial charge >= 0.3 is 0 Å². The highest BCUT2D eigenvalue weighted by Crippen LogP contribution is 2.18. The van der Waals surface area contributed by atoms with Crippen LogP contribution in [0.2, 0.25) is 0 Å². The fourth-order valence-corrected chi connectivity index (χ4v) is 3.38. The fraction of sp³-hybridized carbons (Fsp3) is 0.579. The first kappa shape index (κ1) is 18.8. The molecule has 2 saturated heterocycles. The smallest absolute Gasteiger partial charge is 0.225 e. The molecule has 2 aliphatic heterocycles. The van der Waals surface area contributed by atoms with Gasteiger partial charge in [-0.2, -0.15) is 0 Å². The molecule has 2 fully saturated rings. The first-order valence-electron chi connectivity index (χ1n) is 9.22. The van der Waals surface area contributed by atoms with E-state index in [0.717, 1.165) is 38.4 Å². The third-order valence-corrected chi connectivity index (χ3v) is 5.00. The van der Waals surface area contributed by atoms with Gasteiger partial charge in [-0.05, 0) is 24.1 Å². The Labute approximate surface area is 153 Å². The van der Waals surface area contributed by atoms with Crippen LogP contribution < -0.4 is 5.32 Å². The minimum Gasteiger partial charge on any atom is -0.379 e. The quantitative estimate of drug-likeness (QED) is 0.773. The van der Waals surface area contributed by atoms with E-state index < -0.39 is 0 Å². The topological polar surface area (TPSA) is 61.9 Å². The Kier molecular flexibility index (Phi) is 6.57. The standard InChI is InChI=1S/C19H26FN3O3/c20-17-3-1-15(2-4-17)5-6-21-19(25)16-13-18(24)23(14-16)8-7-22-9-11-26-12-10-22/h1-4,16H,5-14H2,(H,21,25). The van der Waals surface area contributed by atoms with Gasteiger partial charge in [-0.15, -0.1) is 0 Å². The van der Waals surface area contributed by atoms with Crippen LogP contribution in [0.5, 0.6) is 0 Å². The summed E-state index contributed by atoms with van der Waals surface area (Å²) in [5, 5.41) is 2.90. The average Bonchev–Trinajstić information content (AvgIpc) is 3.03. The van der Waals surface area contributed by atoms with Crippen LogP contribution in [0.15, 0.2) is 24.3 Å². The number of likely N-dealkylation sites (tertiary alicyclic amines) is 1. The second-order valence-corrected chi connectivity index (χ2v) is 6.86. The molecule has 1 aromatic carbocycles. The average molecular weight is 363 g/mol. The number of halogens is 1. The summed E-state index contributed by atoms with van der Waals surface area (Å²) in [7, 11) is 0. The van der Waals surface area contributed by atoms with Crippen molar-refractivity contribution < 1.29 is 18.7 Å². The number of rotatable bonds is 7. The maximum absolute atomic E-state index is 12.9. The maximum atomic E-state index is 12.9. The SMILES string of the molecule is O=C(NCCc1ccc(F)cc1)C1CC(=O)N(CCN2CCOCC2)C1. The van der Waals surface area contributed by atoms with Crippen molar-refractivity contribution in [2.24, 2.45) is 5.92 Å². The fourth-order valence-electron chi connectivity index (χ4n) is 3.38. The minimum atomic E-state index is -0.277. The van der Waals surface area contributed by atoms with Crippen molar-refractivity contribution >= 4 is 11.8 Å². The Morgan fingerprint density at radius 2 is 1.92 bits per heavy atom. The molecule has 2 amide bonds. The molecule has 0 bridgehead atoms. The van der Waals surface area contributed by atoms with Gasteiger partial charge in [0.05, 0.1) is 19.1 Å². The lowest BCUT2D eigenvalue weighted by atomic mass is 10.1. The molecular weight excluding hydrogens is 337 g/mol. The summed E-state index contributed by atoms with van der Waals surface area (Å²) in [5.74, 6) is -0.564. The third kappa shape index (κ3) is 5.25. The van der Waals surface area contributed by atoms with Crippen LogP contribution in [-0.4, -0.2) is 74.1 Å². The molecule has 142 valence electrons. The van der Waals surface area contributed by atoms with Gasteiger partial charge in [0.25, 0.3) is 0 Å². The van der Waals surface area contributed by atoms with E-state index >= 15 is 0 Å². The number of amides is 2. The lowest BCUT2D eigenvalue weighted by Gasteiger charge is -2.28. The van der Waals surface area contributed by atoms with Gasteiger partial charge in [-0.25, -0.2) is 4.39 Å². The molecule has 26 heavy (non-hydrogen) atoms. The summed E-state index contributed by atoms with van der Waals surface area (Å²) in [5.41, 5.74) is 0.973. The van der Waals surface area contributed by atoms with E-state index in [1.165, 1.54) is 12.1 Å².